The number of aromatic hydroxyl groups is 1. The van der Waals surface area contributed by atoms with Crippen LogP contribution in [-0.2, 0) is 9.98 Å². The van der Waals surface area contributed by atoms with Gasteiger partial charge in [-0.05, 0) is 23.6 Å². The van der Waals surface area contributed by atoms with E-state index in [1.54, 1.807) is 6.07 Å². The van der Waals surface area contributed by atoms with Crippen molar-refractivity contribution in [3.63, 3.8) is 0 Å². The number of nitrogens with two attached hydrogens (primary N) is 2. The van der Waals surface area contributed by atoms with E-state index in [2.05, 4.69) is 0 Å². The third kappa shape index (κ3) is 3.52. The maximum Gasteiger partial charge on any atom is 0.385 e. The van der Waals surface area contributed by atoms with E-state index in [0.29, 0.717) is 5.56 Å². The first-order valence-corrected chi connectivity index (χ1v) is 6.56. The zero-order chi connectivity index (χ0) is 12.6. The lowest BCUT2D eigenvalue weighted by Gasteiger charge is -2.21. The first-order valence-electron chi connectivity index (χ1n) is 4.80. The van der Waals surface area contributed by atoms with Gasteiger partial charge in [0.25, 0.3) is 0 Å². The number of rotatable bonds is 2. The molecule has 0 spiro atoms. The zero-order valence-corrected chi connectivity index (χ0v) is 10.5. The molecule has 16 heavy (non-hydrogen) atoms. The Hall–Kier alpha value is -1.03. The molecule has 0 bridgehead atoms. The van der Waals surface area contributed by atoms with Crippen LogP contribution in [0.25, 0.3) is 0 Å². The summed E-state index contributed by atoms with van der Waals surface area (Å²) < 4.78 is 16.0. The average Bonchev–Trinajstić information content (AvgIpc) is 2.04. The molecule has 90 valence electrons. The van der Waals surface area contributed by atoms with Crippen molar-refractivity contribution in [2.45, 2.75) is 26.2 Å². The molecule has 0 saturated carbocycles. The van der Waals surface area contributed by atoms with Crippen molar-refractivity contribution in [2.24, 2.45) is 11.0 Å². The van der Waals surface area contributed by atoms with Crippen molar-refractivity contribution >= 4 is 7.67 Å². The number of phenolic OH excluding ortho intramolecular Hbond substituents is 1. The molecule has 5 N–H and O–H groups in total. The molecule has 0 atom stereocenters. The number of benzene rings is 1. The monoisotopic (exact) mass is 244 g/mol. The Kier molecular flexibility index (Phi) is 3.33. The minimum absolute atomic E-state index is 0.156. The molecular formula is C10H17N2O3P. The molecule has 0 radical (unpaired) electrons. The highest BCUT2D eigenvalue weighted by Crippen LogP contribution is 2.37. The Bertz CT molecular complexity index is 434. The van der Waals surface area contributed by atoms with Gasteiger partial charge in [0.15, 0.2) is 0 Å². The zero-order valence-electron chi connectivity index (χ0n) is 9.60. The van der Waals surface area contributed by atoms with Gasteiger partial charge in [-0.3, -0.25) is 0 Å². The highest BCUT2D eigenvalue weighted by Gasteiger charge is 2.20. The lowest BCUT2D eigenvalue weighted by molar-refractivity contribution is 0.441. The minimum Gasteiger partial charge on any atom is -0.508 e. The highest BCUT2D eigenvalue weighted by molar-refractivity contribution is 7.54. The van der Waals surface area contributed by atoms with E-state index in [1.165, 1.54) is 12.1 Å². The second-order valence-electron chi connectivity index (χ2n) is 4.67. The third-order valence-corrected chi connectivity index (χ3v) is 2.52. The van der Waals surface area contributed by atoms with Gasteiger partial charge in [-0.2, -0.15) is 0 Å². The Balaban J connectivity index is 3.13. The maximum atomic E-state index is 11.1. The van der Waals surface area contributed by atoms with E-state index in [-0.39, 0.29) is 16.9 Å². The molecule has 0 aromatic heterocycles. The SMILES string of the molecule is CC(C)(C)c1cc(OP(N)(N)=O)ccc1O. The van der Waals surface area contributed by atoms with Crippen LogP contribution >= 0.6 is 7.67 Å². The lowest BCUT2D eigenvalue weighted by atomic mass is 9.86. The van der Waals surface area contributed by atoms with Crippen LogP contribution in [0.5, 0.6) is 11.5 Å². The fraction of sp³-hybridized carbons (Fsp3) is 0.400. The van der Waals surface area contributed by atoms with Crippen molar-refractivity contribution in [3.8, 4) is 11.5 Å². The smallest absolute Gasteiger partial charge is 0.385 e. The molecule has 5 nitrogen and oxygen atoms in total. The summed E-state index contributed by atoms with van der Waals surface area (Å²) in [5.74, 6) is 0.444. The van der Waals surface area contributed by atoms with E-state index in [4.69, 9.17) is 15.5 Å². The number of hydrogen-bond donors (Lipinski definition) is 3. The summed E-state index contributed by atoms with van der Waals surface area (Å²) in [5.41, 5.74) is 10.7. The largest absolute Gasteiger partial charge is 0.508 e. The summed E-state index contributed by atoms with van der Waals surface area (Å²) in [4.78, 5) is 0. The Morgan fingerprint density at radius 1 is 1.31 bits per heavy atom. The quantitative estimate of drug-likeness (QED) is 0.692. The average molecular weight is 244 g/mol. The van der Waals surface area contributed by atoms with Gasteiger partial charge < -0.3 is 9.63 Å². The van der Waals surface area contributed by atoms with Crippen molar-refractivity contribution in [1.29, 1.82) is 0 Å². The molecule has 6 heteroatoms. The minimum atomic E-state index is -3.56. The molecule has 0 heterocycles. The van der Waals surface area contributed by atoms with Gasteiger partial charge in [0.1, 0.15) is 11.5 Å². The lowest BCUT2D eigenvalue weighted by Crippen LogP contribution is -2.13. The Labute approximate surface area is 95.0 Å². The van der Waals surface area contributed by atoms with Gasteiger partial charge in [0, 0.05) is 5.56 Å². The molecule has 1 rings (SSSR count). The van der Waals surface area contributed by atoms with Crippen LogP contribution < -0.4 is 15.5 Å². The van der Waals surface area contributed by atoms with E-state index in [1.807, 2.05) is 20.8 Å². The van der Waals surface area contributed by atoms with Crippen molar-refractivity contribution in [3.05, 3.63) is 23.8 Å². The summed E-state index contributed by atoms with van der Waals surface area (Å²) in [7, 11) is -3.56. The van der Waals surface area contributed by atoms with Crippen molar-refractivity contribution in [2.75, 3.05) is 0 Å². The normalized spacial score (nSPS) is 12.6. The van der Waals surface area contributed by atoms with Crippen LogP contribution in [0.2, 0.25) is 0 Å². The van der Waals surface area contributed by atoms with E-state index < -0.39 is 7.67 Å². The summed E-state index contributed by atoms with van der Waals surface area (Å²) in [6.45, 7) is 5.82. The molecule has 0 saturated heterocycles. The molecule has 0 fully saturated rings. The standard InChI is InChI=1S/C10H17N2O3P/c1-10(2,3)8-6-7(4-5-9(8)13)15-16(11,12)14/h4-6,13H,1-3H3,(H4,11,12,14). The van der Waals surface area contributed by atoms with Crippen molar-refractivity contribution in [1.82, 2.24) is 0 Å². The molecule has 0 unspecified atom stereocenters. The molecule has 1 aromatic rings. The number of phenols is 1. The summed E-state index contributed by atoms with van der Waals surface area (Å²) in [5, 5.41) is 9.68. The van der Waals surface area contributed by atoms with Crippen LogP contribution in [0.3, 0.4) is 0 Å². The van der Waals surface area contributed by atoms with Gasteiger partial charge >= 0.3 is 7.67 Å². The van der Waals surface area contributed by atoms with Gasteiger partial charge in [-0.15, -0.1) is 0 Å². The first-order chi connectivity index (χ1) is 7.09. The molecular weight excluding hydrogens is 227 g/mol. The van der Waals surface area contributed by atoms with Crippen LogP contribution in [0, 0.1) is 0 Å². The summed E-state index contributed by atoms with van der Waals surface area (Å²) >= 11 is 0. The molecule has 0 aliphatic heterocycles. The van der Waals surface area contributed by atoms with E-state index in [9.17, 15) is 9.67 Å². The predicted molar refractivity (Wildman–Crippen MR) is 63.4 cm³/mol. The van der Waals surface area contributed by atoms with Gasteiger partial charge in [-0.25, -0.2) is 15.6 Å². The maximum absolute atomic E-state index is 11.1. The van der Waals surface area contributed by atoms with E-state index >= 15 is 0 Å². The first kappa shape index (κ1) is 13.0. The van der Waals surface area contributed by atoms with Gasteiger partial charge in [0.2, 0.25) is 0 Å². The van der Waals surface area contributed by atoms with Crippen molar-refractivity contribution < 1.29 is 14.2 Å². The molecule has 0 amide bonds. The molecule has 1 aromatic carbocycles. The Morgan fingerprint density at radius 2 is 1.88 bits per heavy atom. The molecule has 0 aliphatic rings. The fourth-order valence-electron chi connectivity index (χ4n) is 1.34. The van der Waals surface area contributed by atoms with Crippen LogP contribution in [-0.4, -0.2) is 5.11 Å². The van der Waals surface area contributed by atoms with E-state index in [0.717, 1.165) is 0 Å². The topological polar surface area (TPSA) is 98.6 Å². The van der Waals surface area contributed by atoms with Crippen LogP contribution in [0.1, 0.15) is 26.3 Å². The summed E-state index contributed by atoms with van der Waals surface area (Å²) in [6.07, 6.45) is 0. The second kappa shape index (κ2) is 4.09. The Morgan fingerprint density at radius 3 is 2.31 bits per heavy atom. The second-order valence-corrected chi connectivity index (χ2v) is 6.14. The predicted octanol–water partition coefficient (Wildman–Crippen LogP) is 2.09. The fourth-order valence-corrected chi connectivity index (χ4v) is 1.78. The van der Waals surface area contributed by atoms with Crippen LogP contribution in [0.15, 0.2) is 18.2 Å². The van der Waals surface area contributed by atoms with Gasteiger partial charge in [-0.1, -0.05) is 20.8 Å². The van der Waals surface area contributed by atoms with Gasteiger partial charge in [0.05, 0.1) is 0 Å². The third-order valence-electron chi connectivity index (χ3n) is 2.02. The van der Waals surface area contributed by atoms with Crippen LogP contribution in [0.4, 0.5) is 0 Å². The highest BCUT2D eigenvalue weighted by atomic mass is 31.2. The number of hydrogen-bond acceptors (Lipinski definition) is 3. The molecule has 0 aliphatic carbocycles. The summed E-state index contributed by atoms with van der Waals surface area (Å²) in [6, 6.07) is 4.52.